The summed E-state index contributed by atoms with van der Waals surface area (Å²) in [5.41, 5.74) is 3.05. The van der Waals surface area contributed by atoms with Crippen molar-refractivity contribution in [2.75, 3.05) is 22.6 Å². The van der Waals surface area contributed by atoms with Gasteiger partial charge in [-0.2, -0.15) is 15.0 Å². The number of carbonyl (C=O) groups excluding carboxylic acids is 5. The van der Waals surface area contributed by atoms with E-state index >= 15 is 0 Å². The van der Waals surface area contributed by atoms with Gasteiger partial charge in [0.2, 0.25) is 17.8 Å². The lowest BCUT2D eigenvalue weighted by atomic mass is 9.75. The number of aromatic nitrogens is 3. The van der Waals surface area contributed by atoms with E-state index in [1.54, 1.807) is 84.9 Å². The van der Waals surface area contributed by atoms with Crippen molar-refractivity contribution in [2.24, 2.45) is 65.1 Å². The molecule has 1 heterocycles. The molecule has 486 valence electrons. The maximum Gasteiger partial charge on any atom is 0.345 e. The van der Waals surface area contributed by atoms with Crippen LogP contribution >= 0.6 is 0 Å². The molecule has 16 heteroatoms. The van der Waals surface area contributed by atoms with Gasteiger partial charge in [-0.15, -0.1) is 6.58 Å². The van der Waals surface area contributed by atoms with Crippen molar-refractivity contribution >= 4 is 76.9 Å². The van der Waals surface area contributed by atoms with E-state index in [0.29, 0.717) is 88.2 Å². The van der Waals surface area contributed by atoms with Crippen molar-refractivity contribution in [2.45, 2.75) is 197 Å². The van der Waals surface area contributed by atoms with Crippen molar-refractivity contribution in [3.8, 4) is 0 Å². The number of benzene rings is 3. The number of ether oxygens (including phenoxy) is 5. The van der Waals surface area contributed by atoms with Gasteiger partial charge in [0.15, 0.2) is 0 Å². The average molecular weight is 1230 g/mol. The highest BCUT2D eigenvalue weighted by Crippen LogP contribution is 2.40. The summed E-state index contributed by atoms with van der Waals surface area (Å²) >= 11 is 0. The summed E-state index contributed by atoms with van der Waals surface area (Å²) in [7, 11) is 0. The zero-order valence-corrected chi connectivity index (χ0v) is 55.3. The van der Waals surface area contributed by atoms with Crippen LogP contribution in [0.2, 0.25) is 0 Å². The van der Waals surface area contributed by atoms with Crippen LogP contribution in [-0.2, 0) is 42.9 Å². The third kappa shape index (κ3) is 19.3. The van der Waals surface area contributed by atoms with Gasteiger partial charge in [-0.25, -0.2) is 24.0 Å². The van der Waals surface area contributed by atoms with E-state index in [9.17, 15) is 24.0 Å². The summed E-state index contributed by atoms with van der Waals surface area (Å²) in [6.45, 7) is 28.1. The summed E-state index contributed by atoms with van der Waals surface area (Å²) in [5, 5.41) is 9.86. The largest absolute Gasteiger partial charge is 0.462 e. The smallest absolute Gasteiger partial charge is 0.345 e. The zero-order chi connectivity index (χ0) is 64.6. The van der Waals surface area contributed by atoms with Gasteiger partial charge in [-0.05, 0) is 195 Å². The first kappa shape index (κ1) is 68.5. The summed E-state index contributed by atoms with van der Waals surface area (Å²) in [4.78, 5) is 84.4. The predicted molar refractivity (Wildman–Crippen MR) is 355 cm³/mol. The van der Waals surface area contributed by atoms with Crippen LogP contribution in [0.3, 0.4) is 0 Å². The fraction of sp³-hybridized carbons (Fsp3) is 0.568. The third-order valence-electron chi connectivity index (χ3n) is 19.2. The summed E-state index contributed by atoms with van der Waals surface area (Å²) in [5.74, 6) is 0.292. The second-order valence-electron chi connectivity index (χ2n) is 27.5. The molecule has 4 saturated carbocycles. The number of anilines is 6. The number of carbonyl (C=O) groups is 5. The summed E-state index contributed by atoms with van der Waals surface area (Å²) in [6.07, 6.45) is 17.2. The lowest BCUT2D eigenvalue weighted by Gasteiger charge is -2.37. The van der Waals surface area contributed by atoms with Crippen LogP contribution in [0.5, 0.6) is 0 Å². The number of hydrogen-bond donors (Lipinski definition) is 3. The number of unbranched alkanes of at least 4 members (excludes halogenated alkanes) is 2. The molecule has 4 aliphatic carbocycles. The second kappa shape index (κ2) is 32.6. The number of esters is 5. The minimum absolute atomic E-state index is 0.0181. The molecule has 12 atom stereocenters. The Labute approximate surface area is 535 Å². The van der Waals surface area contributed by atoms with Gasteiger partial charge in [0.1, 0.15) is 35.6 Å². The van der Waals surface area contributed by atoms with Crippen molar-refractivity contribution in [3.05, 3.63) is 113 Å². The van der Waals surface area contributed by atoms with Gasteiger partial charge >= 0.3 is 29.8 Å². The molecule has 4 fully saturated rings. The fourth-order valence-corrected chi connectivity index (χ4v) is 13.6. The minimum Gasteiger partial charge on any atom is -0.462 e. The van der Waals surface area contributed by atoms with Crippen LogP contribution in [0.15, 0.2) is 96.6 Å². The van der Waals surface area contributed by atoms with Crippen LogP contribution in [0.4, 0.5) is 34.9 Å². The monoisotopic (exact) mass is 1230 g/mol. The molecule has 1 aromatic heterocycles. The molecule has 90 heavy (non-hydrogen) atoms. The first-order valence-corrected chi connectivity index (χ1v) is 33.6. The van der Waals surface area contributed by atoms with Gasteiger partial charge in [0.05, 0.1) is 12.2 Å². The third-order valence-corrected chi connectivity index (χ3v) is 19.2. The molecule has 0 aliphatic heterocycles. The number of rotatable bonds is 25. The van der Waals surface area contributed by atoms with E-state index in [-0.39, 0.29) is 71.0 Å². The molecule has 16 nitrogen and oxygen atoms in total. The molecule has 3 N–H and O–H groups in total. The Morgan fingerprint density at radius 2 is 0.811 bits per heavy atom. The normalized spacial score (nSPS) is 25.3. The Bertz CT molecular complexity index is 3070. The molecule has 12 unspecified atom stereocenters. The molecule has 4 aliphatic rings. The Kier molecular flexibility index (Phi) is 24.8. The number of hydrogen-bond acceptors (Lipinski definition) is 16. The first-order valence-electron chi connectivity index (χ1n) is 33.6. The highest BCUT2D eigenvalue weighted by atomic mass is 16.6. The van der Waals surface area contributed by atoms with E-state index in [0.717, 1.165) is 89.9 Å². The molecular formula is C74H100N6O10. The SMILES string of the molecule is C=CC1CCC(C)CC1OC(=O)/C(=C/c1ccc(Nc2nc(Nc3ccc(C=C(C(=O)OC4CC(C)CCC4C(C)C)C(=O)OC4CC(C)CCC4C(C)C)cc3)nc(Nc3ccc(C(=O)OCCCCC)cc3)n2)cc1)C(=O)OC1CC(C)CCC1C(C)C. The van der Waals surface area contributed by atoms with Crippen LogP contribution in [0, 0.1) is 65.1 Å². The van der Waals surface area contributed by atoms with E-state index in [2.05, 4.69) is 98.7 Å². The topological polar surface area (TPSA) is 206 Å². The van der Waals surface area contributed by atoms with Gasteiger partial charge in [-0.3, -0.25) is 0 Å². The molecule has 4 aromatic rings. The quantitative estimate of drug-likeness (QED) is 0.0107. The zero-order valence-electron chi connectivity index (χ0n) is 55.3. The number of nitrogens with one attached hydrogen (secondary N) is 3. The van der Waals surface area contributed by atoms with Crippen LogP contribution in [-0.4, -0.2) is 75.8 Å². The van der Waals surface area contributed by atoms with Gasteiger partial charge in [0.25, 0.3) is 0 Å². The molecule has 0 saturated heterocycles. The van der Waals surface area contributed by atoms with E-state index in [1.807, 2.05) is 6.08 Å². The van der Waals surface area contributed by atoms with Gasteiger partial charge < -0.3 is 39.6 Å². The molecule has 0 amide bonds. The summed E-state index contributed by atoms with van der Waals surface area (Å²) in [6, 6.07) is 21.2. The van der Waals surface area contributed by atoms with Gasteiger partial charge in [-0.1, -0.05) is 139 Å². The molecule has 3 aromatic carbocycles. The fourth-order valence-electron chi connectivity index (χ4n) is 13.6. The number of nitrogens with zero attached hydrogens (tertiary/aromatic N) is 3. The lowest BCUT2D eigenvalue weighted by Crippen LogP contribution is -2.39. The Morgan fingerprint density at radius 3 is 1.16 bits per heavy atom. The highest BCUT2D eigenvalue weighted by Gasteiger charge is 2.40. The van der Waals surface area contributed by atoms with Gasteiger partial charge in [0, 0.05) is 23.0 Å². The first-order chi connectivity index (χ1) is 43.1. The molecule has 8 rings (SSSR count). The van der Waals surface area contributed by atoms with E-state index in [1.165, 1.54) is 0 Å². The maximum atomic E-state index is 14.4. The lowest BCUT2D eigenvalue weighted by molar-refractivity contribution is -0.160. The van der Waals surface area contributed by atoms with Crippen molar-refractivity contribution < 1.29 is 47.7 Å². The van der Waals surface area contributed by atoms with Crippen LogP contribution in [0.1, 0.15) is 194 Å². The van der Waals surface area contributed by atoms with E-state index in [4.69, 9.17) is 38.6 Å². The molecule has 0 bridgehead atoms. The molecule has 0 spiro atoms. The van der Waals surface area contributed by atoms with E-state index < -0.39 is 36.0 Å². The van der Waals surface area contributed by atoms with Crippen LogP contribution < -0.4 is 16.0 Å². The van der Waals surface area contributed by atoms with Crippen LogP contribution in [0.25, 0.3) is 12.2 Å². The molecule has 0 radical (unpaired) electrons. The standard InChI is InChI=1S/C74H100N6O10/c1-13-15-16-37-86-67(81)54-26-32-57(33-27-54)77-74-79-72(75-55-28-21-51(22-29-55)42-61(68(82)87-63-38-47(9)17-25-53(63)14-2)69(83)88-64-39-48(10)18-34-58(64)44(3)4)78-73(80-74)76-56-30-23-52(24-31-56)43-62(70(84)89-65-40-49(11)19-35-59(65)45(5)6)71(85)90-66-41-50(12)20-36-60(66)46(7)8/h14,21-24,26-33,42-50,53,58-60,63-66H,2,13,15-20,25,34-41H2,1,3-12H3,(H3,75,76,77,78,79,80)/b61-42-,62-43?. The van der Waals surface area contributed by atoms with Crippen molar-refractivity contribution in [3.63, 3.8) is 0 Å². The predicted octanol–water partition coefficient (Wildman–Crippen LogP) is 16.8. The highest BCUT2D eigenvalue weighted by molar-refractivity contribution is 6.18. The van der Waals surface area contributed by atoms with Crippen molar-refractivity contribution in [1.82, 2.24) is 15.0 Å². The average Bonchev–Trinajstić information content (AvgIpc) is 2.16. The Hall–Kier alpha value is -7.36. The minimum atomic E-state index is -0.718. The summed E-state index contributed by atoms with van der Waals surface area (Å²) < 4.78 is 30.6. The van der Waals surface area contributed by atoms with Crippen molar-refractivity contribution in [1.29, 1.82) is 0 Å². The molecular weight excluding hydrogens is 1130 g/mol. The maximum absolute atomic E-state index is 14.4. The Morgan fingerprint density at radius 1 is 0.478 bits per heavy atom. The second-order valence-corrected chi connectivity index (χ2v) is 27.5. The Balaban J connectivity index is 1.07.